The minimum Gasteiger partial charge on any atom is -0.480 e. The van der Waals surface area contributed by atoms with Crippen LogP contribution in [-0.4, -0.2) is 32.8 Å². The van der Waals surface area contributed by atoms with E-state index in [9.17, 15) is 14.4 Å². The van der Waals surface area contributed by atoms with Crippen molar-refractivity contribution in [3.05, 3.63) is 28.2 Å². The fraction of sp³-hybridized carbons (Fsp3) is 0.500. The number of aliphatic carboxylic acids is 1. The third kappa shape index (κ3) is 3.64. The third-order valence-electron chi connectivity index (χ3n) is 2.58. The molecular formula is C12H17N3O4. The maximum Gasteiger partial charge on any atom is 0.326 e. The van der Waals surface area contributed by atoms with Gasteiger partial charge in [-0.15, -0.1) is 0 Å². The van der Waals surface area contributed by atoms with Crippen molar-refractivity contribution in [3.63, 3.8) is 0 Å². The maximum absolute atomic E-state index is 11.9. The number of carbonyl (C=O) groups excluding carboxylic acids is 1. The number of amides is 1. The first-order chi connectivity index (χ1) is 8.62. The van der Waals surface area contributed by atoms with Gasteiger partial charge in [-0.3, -0.25) is 9.59 Å². The molecule has 0 radical (unpaired) electrons. The Hall–Kier alpha value is -2.18. The number of nitrogens with zero attached hydrogens (tertiary/aromatic N) is 2. The van der Waals surface area contributed by atoms with E-state index in [0.717, 1.165) is 4.68 Å². The molecule has 7 nitrogen and oxygen atoms in total. The summed E-state index contributed by atoms with van der Waals surface area (Å²) in [6, 6.07) is 1.42. The summed E-state index contributed by atoms with van der Waals surface area (Å²) in [7, 11) is 1.41. The summed E-state index contributed by atoms with van der Waals surface area (Å²) in [4.78, 5) is 34.2. The van der Waals surface area contributed by atoms with Gasteiger partial charge >= 0.3 is 5.97 Å². The Labute approximate surface area is 110 Å². The molecule has 1 heterocycles. The van der Waals surface area contributed by atoms with Gasteiger partial charge in [0.15, 0.2) is 0 Å². The molecule has 0 aliphatic heterocycles. The van der Waals surface area contributed by atoms with Gasteiger partial charge in [-0.25, -0.2) is 9.48 Å². The highest BCUT2D eigenvalue weighted by Gasteiger charge is 2.33. The SMILES string of the molecule is Cn1nc(C(=O)NC(C(=O)O)C(C)(C)C)ccc1=O. The second kappa shape index (κ2) is 5.21. The number of aromatic nitrogens is 2. The molecule has 2 N–H and O–H groups in total. The number of hydrogen-bond donors (Lipinski definition) is 2. The minimum absolute atomic E-state index is 0.00222. The van der Waals surface area contributed by atoms with E-state index >= 15 is 0 Å². The summed E-state index contributed by atoms with van der Waals surface area (Å²) < 4.78 is 1.02. The number of aryl methyl sites for hydroxylation is 1. The zero-order valence-corrected chi connectivity index (χ0v) is 11.3. The molecule has 1 rings (SSSR count). The first kappa shape index (κ1) is 14.9. The van der Waals surface area contributed by atoms with E-state index in [2.05, 4.69) is 10.4 Å². The topological polar surface area (TPSA) is 101 Å². The molecule has 1 atom stereocenters. The molecule has 1 aromatic heterocycles. The van der Waals surface area contributed by atoms with Crippen LogP contribution in [0.2, 0.25) is 0 Å². The van der Waals surface area contributed by atoms with E-state index in [1.54, 1.807) is 20.8 Å². The largest absolute Gasteiger partial charge is 0.480 e. The number of carboxylic acids is 1. The normalized spacial score (nSPS) is 12.8. The number of carboxylic acid groups (broad SMARTS) is 1. The van der Waals surface area contributed by atoms with Crippen LogP contribution in [0.15, 0.2) is 16.9 Å². The summed E-state index contributed by atoms with van der Waals surface area (Å²) in [5.74, 6) is -1.75. The summed E-state index contributed by atoms with van der Waals surface area (Å²) in [6.45, 7) is 5.13. The van der Waals surface area contributed by atoms with Crippen LogP contribution in [0.25, 0.3) is 0 Å². The van der Waals surface area contributed by atoms with Crippen LogP contribution < -0.4 is 10.9 Å². The van der Waals surface area contributed by atoms with E-state index in [1.165, 1.54) is 19.2 Å². The lowest BCUT2D eigenvalue weighted by Gasteiger charge is -2.27. The fourth-order valence-electron chi connectivity index (χ4n) is 1.48. The molecule has 0 bridgehead atoms. The summed E-state index contributed by atoms with van der Waals surface area (Å²) in [6.07, 6.45) is 0. The highest BCUT2D eigenvalue weighted by atomic mass is 16.4. The molecule has 0 saturated heterocycles. The predicted molar refractivity (Wildman–Crippen MR) is 67.8 cm³/mol. The highest BCUT2D eigenvalue weighted by Crippen LogP contribution is 2.19. The predicted octanol–water partition coefficient (Wildman–Crippen LogP) is 0.00940. The Morgan fingerprint density at radius 2 is 1.95 bits per heavy atom. The first-order valence-corrected chi connectivity index (χ1v) is 5.71. The van der Waals surface area contributed by atoms with Gasteiger partial charge in [0.2, 0.25) is 0 Å². The van der Waals surface area contributed by atoms with Crippen LogP contribution in [-0.2, 0) is 11.8 Å². The Morgan fingerprint density at radius 1 is 1.37 bits per heavy atom. The standard InChI is InChI=1S/C12H17N3O4/c1-12(2,3)9(11(18)19)13-10(17)7-5-6-8(16)15(4)14-7/h5-6,9H,1-4H3,(H,13,17)(H,18,19). The van der Waals surface area contributed by atoms with Gasteiger partial charge in [-0.1, -0.05) is 20.8 Å². The molecule has 0 spiro atoms. The van der Waals surface area contributed by atoms with Crippen molar-refractivity contribution in [1.82, 2.24) is 15.1 Å². The van der Waals surface area contributed by atoms with Gasteiger partial charge in [0.05, 0.1) is 0 Å². The molecule has 1 unspecified atom stereocenters. The van der Waals surface area contributed by atoms with Crippen LogP contribution in [0.3, 0.4) is 0 Å². The van der Waals surface area contributed by atoms with Crippen LogP contribution in [0.1, 0.15) is 31.3 Å². The van der Waals surface area contributed by atoms with Crippen molar-refractivity contribution in [2.45, 2.75) is 26.8 Å². The Kier molecular flexibility index (Phi) is 4.08. The molecule has 0 aliphatic carbocycles. The van der Waals surface area contributed by atoms with E-state index in [-0.39, 0.29) is 11.3 Å². The summed E-state index contributed by atoms with van der Waals surface area (Å²) in [5.41, 5.74) is -0.984. The van der Waals surface area contributed by atoms with Crippen molar-refractivity contribution in [2.75, 3.05) is 0 Å². The van der Waals surface area contributed by atoms with Crippen molar-refractivity contribution in [2.24, 2.45) is 12.5 Å². The Balaban J connectivity index is 2.97. The lowest BCUT2D eigenvalue weighted by molar-refractivity contribution is -0.142. The van der Waals surface area contributed by atoms with Crippen LogP contribution in [0.4, 0.5) is 0 Å². The molecule has 0 saturated carbocycles. The molecule has 1 amide bonds. The monoisotopic (exact) mass is 267 g/mol. The fourth-order valence-corrected chi connectivity index (χ4v) is 1.48. The Morgan fingerprint density at radius 3 is 2.37 bits per heavy atom. The van der Waals surface area contributed by atoms with Crippen LogP contribution in [0, 0.1) is 5.41 Å². The lowest BCUT2D eigenvalue weighted by atomic mass is 9.86. The Bertz CT molecular complexity index is 557. The van der Waals surface area contributed by atoms with Gasteiger partial charge in [-0.05, 0) is 11.5 Å². The number of nitrogens with one attached hydrogen (secondary N) is 1. The highest BCUT2D eigenvalue weighted by molar-refractivity contribution is 5.94. The summed E-state index contributed by atoms with van der Waals surface area (Å²) in [5, 5.41) is 15.3. The number of rotatable bonds is 3. The van der Waals surface area contributed by atoms with E-state index in [0.29, 0.717) is 0 Å². The van der Waals surface area contributed by atoms with Gasteiger partial charge < -0.3 is 10.4 Å². The maximum atomic E-state index is 11.9. The van der Waals surface area contributed by atoms with E-state index < -0.39 is 23.3 Å². The van der Waals surface area contributed by atoms with Crippen LogP contribution >= 0.6 is 0 Å². The molecule has 0 fully saturated rings. The van der Waals surface area contributed by atoms with Crippen LogP contribution in [0.5, 0.6) is 0 Å². The third-order valence-corrected chi connectivity index (χ3v) is 2.58. The van der Waals surface area contributed by atoms with Gasteiger partial charge in [0.25, 0.3) is 11.5 Å². The van der Waals surface area contributed by atoms with E-state index in [4.69, 9.17) is 5.11 Å². The lowest BCUT2D eigenvalue weighted by Crippen LogP contribution is -2.49. The number of carbonyl (C=O) groups is 2. The van der Waals surface area contributed by atoms with Gasteiger partial charge in [-0.2, -0.15) is 5.10 Å². The second-order valence-corrected chi connectivity index (χ2v) is 5.29. The second-order valence-electron chi connectivity index (χ2n) is 5.29. The average Bonchev–Trinajstić information content (AvgIpc) is 2.27. The average molecular weight is 267 g/mol. The van der Waals surface area contributed by atoms with Gasteiger partial charge in [0.1, 0.15) is 11.7 Å². The van der Waals surface area contributed by atoms with Crippen molar-refractivity contribution >= 4 is 11.9 Å². The van der Waals surface area contributed by atoms with Crippen molar-refractivity contribution in [1.29, 1.82) is 0 Å². The quantitative estimate of drug-likeness (QED) is 0.803. The first-order valence-electron chi connectivity index (χ1n) is 5.71. The molecule has 7 heteroatoms. The molecule has 0 aromatic carbocycles. The molecule has 1 aromatic rings. The minimum atomic E-state index is -1.12. The zero-order valence-electron chi connectivity index (χ0n) is 11.3. The smallest absolute Gasteiger partial charge is 0.326 e. The zero-order chi connectivity index (χ0) is 14.8. The number of hydrogen-bond acceptors (Lipinski definition) is 4. The summed E-state index contributed by atoms with van der Waals surface area (Å²) >= 11 is 0. The molecule has 104 valence electrons. The van der Waals surface area contributed by atoms with Crippen molar-refractivity contribution in [3.8, 4) is 0 Å². The molecular weight excluding hydrogens is 250 g/mol. The molecule has 19 heavy (non-hydrogen) atoms. The van der Waals surface area contributed by atoms with E-state index in [1.807, 2.05) is 0 Å². The van der Waals surface area contributed by atoms with Gasteiger partial charge in [0, 0.05) is 13.1 Å². The molecule has 0 aliphatic rings. The van der Waals surface area contributed by atoms with Crippen molar-refractivity contribution < 1.29 is 14.7 Å².